The van der Waals surface area contributed by atoms with Crippen molar-refractivity contribution in [3.05, 3.63) is 121 Å². The molecule has 0 spiro atoms. The van der Waals surface area contributed by atoms with Crippen molar-refractivity contribution in [2.24, 2.45) is 0 Å². The SMILES string of the molecule is CN(c1ccccc1)P(Cl)(c1ccccc1)(c1ccccc1)c1ccccc1. The molecule has 0 amide bonds. The molecule has 0 N–H and O–H groups in total. The number of para-hydroxylation sites is 1. The molecule has 0 radical (unpaired) electrons. The van der Waals surface area contributed by atoms with E-state index in [4.69, 9.17) is 11.2 Å². The molecular weight excluding hydrogens is 381 g/mol. The van der Waals surface area contributed by atoms with Crippen molar-refractivity contribution in [2.45, 2.75) is 0 Å². The first-order chi connectivity index (χ1) is 13.7. The molecule has 0 aliphatic rings. The van der Waals surface area contributed by atoms with Crippen LogP contribution in [0.15, 0.2) is 121 Å². The minimum atomic E-state index is -3.48. The molecule has 0 aliphatic carbocycles. The van der Waals surface area contributed by atoms with Gasteiger partial charge in [0, 0.05) is 0 Å². The molecule has 0 aromatic heterocycles. The molecule has 0 bridgehead atoms. The van der Waals surface area contributed by atoms with E-state index in [9.17, 15) is 0 Å². The van der Waals surface area contributed by atoms with Gasteiger partial charge in [0.05, 0.1) is 0 Å². The zero-order valence-electron chi connectivity index (χ0n) is 15.8. The van der Waals surface area contributed by atoms with Crippen LogP contribution in [-0.4, -0.2) is 7.05 Å². The number of hydrogen-bond acceptors (Lipinski definition) is 1. The van der Waals surface area contributed by atoms with Crippen molar-refractivity contribution < 1.29 is 0 Å². The van der Waals surface area contributed by atoms with Crippen LogP contribution in [-0.2, 0) is 0 Å². The first-order valence-electron chi connectivity index (χ1n) is 9.35. The normalized spacial score (nSPS) is 12.7. The fourth-order valence-electron chi connectivity index (χ4n) is 3.93. The number of rotatable bonds is 5. The van der Waals surface area contributed by atoms with Crippen LogP contribution < -0.4 is 20.6 Å². The molecule has 28 heavy (non-hydrogen) atoms. The Morgan fingerprint density at radius 3 is 1.11 bits per heavy atom. The number of anilines is 1. The summed E-state index contributed by atoms with van der Waals surface area (Å²) in [5.41, 5.74) is 1.09. The van der Waals surface area contributed by atoms with E-state index in [1.807, 2.05) is 24.3 Å². The van der Waals surface area contributed by atoms with Gasteiger partial charge in [0.15, 0.2) is 0 Å². The van der Waals surface area contributed by atoms with Crippen LogP contribution in [0.5, 0.6) is 0 Å². The van der Waals surface area contributed by atoms with E-state index < -0.39 is 6.11 Å². The van der Waals surface area contributed by atoms with Crippen molar-refractivity contribution in [2.75, 3.05) is 11.7 Å². The molecule has 4 rings (SSSR count). The summed E-state index contributed by atoms with van der Waals surface area (Å²) in [4.78, 5) is 0. The van der Waals surface area contributed by atoms with Gasteiger partial charge in [-0.2, -0.15) is 0 Å². The van der Waals surface area contributed by atoms with E-state index in [0.717, 1.165) is 21.6 Å². The Kier molecular flexibility index (Phi) is 4.98. The number of halogens is 1. The summed E-state index contributed by atoms with van der Waals surface area (Å²) in [6.45, 7) is 0. The second-order valence-electron chi connectivity index (χ2n) is 6.83. The third kappa shape index (κ3) is 2.75. The quantitative estimate of drug-likeness (QED) is 0.385. The topological polar surface area (TPSA) is 3.24 Å². The maximum atomic E-state index is 8.12. The average Bonchev–Trinajstić information content (AvgIpc) is 2.80. The Balaban J connectivity index is 2.16. The summed E-state index contributed by atoms with van der Waals surface area (Å²) in [7, 11) is 2.12. The van der Waals surface area contributed by atoms with Crippen molar-refractivity contribution in [3.8, 4) is 0 Å². The van der Waals surface area contributed by atoms with Crippen LogP contribution in [0.4, 0.5) is 5.69 Å². The van der Waals surface area contributed by atoms with Gasteiger partial charge in [-0.15, -0.1) is 0 Å². The molecule has 0 aliphatic heterocycles. The van der Waals surface area contributed by atoms with Crippen molar-refractivity contribution in [1.82, 2.24) is 0 Å². The first-order valence-corrected chi connectivity index (χ1v) is 12.4. The van der Waals surface area contributed by atoms with Gasteiger partial charge in [-0.05, 0) is 0 Å². The number of benzene rings is 4. The Hall–Kier alpha value is -2.60. The molecule has 0 unspecified atom stereocenters. The van der Waals surface area contributed by atoms with Crippen LogP contribution in [0.2, 0.25) is 0 Å². The van der Waals surface area contributed by atoms with Gasteiger partial charge in [0.2, 0.25) is 0 Å². The molecule has 0 heterocycles. The van der Waals surface area contributed by atoms with Gasteiger partial charge in [-0.1, -0.05) is 0 Å². The standard InChI is InChI=1S/C25H23ClNP/c1-27(22-14-6-2-7-15-22)28(26,23-16-8-3-9-17-23,24-18-10-4-11-19-24)25-20-12-5-13-21-25/h2-21H,1H3. The average molecular weight is 404 g/mol. The van der Waals surface area contributed by atoms with Crippen LogP contribution in [0, 0.1) is 0 Å². The van der Waals surface area contributed by atoms with Gasteiger partial charge in [-0.3, -0.25) is 0 Å². The Labute approximate surface area is 172 Å². The predicted octanol–water partition coefficient (Wildman–Crippen LogP) is 5.72. The summed E-state index contributed by atoms with van der Waals surface area (Å²) in [6.07, 6.45) is -3.48. The van der Waals surface area contributed by atoms with E-state index in [-0.39, 0.29) is 0 Å². The minimum absolute atomic E-state index is 1.09. The summed E-state index contributed by atoms with van der Waals surface area (Å²) in [5, 5.41) is 3.37. The summed E-state index contributed by atoms with van der Waals surface area (Å²) in [5.74, 6) is 0. The zero-order valence-corrected chi connectivity index (χ0v) is 17.5. The monoisotopic (exact) mass is 403 g/mol. The third-order valence-corrected chi connectivity index (χ3v) is 12.9. The van der Waals surface area contributed by atoms with Gasteiger partial charge < -0.3 is 0 Å². The molecule has 1 nitrogen and oxygen atoms in total. The molecule has 4 aromatic rings. The van der Waals surface area contributed by atoms with E-state index >= 15 is 0 Å². The van der Waals surface area contributed by atoms with E-state index in [1.165, 1.54) is 0 Å². The zero-order chi connectivity index (χ0) is 19.5. The molecular formula is C25H23ClNP. The second kappa shape index (κ2) is 7.43. The number of nitrogens with zero attached hydrogens (tertiary/aromatic N) is 1. The second-order valence-corrected chi connectivity index (χ2v) is 12.9. The number of hydrogen-bond donors (Lipinski definition) is 0. The van der Waals surface area contributed by atoms with Crippen LogP contribution in [0.1, 0.15) is 0 Å². The molecule has 140 valence electrons. The predicted molar refractivity (Wildman–Crippen MR) is 126 cm³/mol. The fourth-order valence-corrected chi connectivity index (χ4v) is 9.85. The third-order valence-electron chi connectivity index (χ3n) is 5.38. The van der Waals surface area contributed by atoms with Gasteiger partial charge in [0.1, 0.15) is 0 Å². The van der Waals surface area contributed by atoms with E-state index in [1.54, 1.807) is 0 Å². The van der Waals surface area contributed by atoms with E-state index in [0.29, 0.717) is 0 Å². The molecule has 0 saturated carbocycles. The van der Waals surface area contributed by atoms with Gasteiger partial charge >= 0.3 is 172 Å². The first kappa shape index (κ1) is 18.7. The van der Waals surface area contributed by atoms with Crippen molar-refractivity contribution in [3.63, 3.8) is 0 Å². The van der Waals surface area contributed by atoms with E-state index in [2.05, 4.69) is 109 Å². The van der Waals surface area contributed by atoms with Crippen molar-refractivity contribution >= 4 is 38.9 Å². The Bertz CT molecular complexity index is 937. The maximum absolute atomic E-state index is 8.12. The van der Waals surface area contributed by atoms with Crippen LogP contribution in [0.3, 0.4) is 0 Å². The summed E-state index contributed by atoms with van der Waals surface area (Å²) >= 11 is 8.12. The molecule has 3 heteroatoms. The molecule has 4 aromatic carbocycles. The fraction of sp³-hybridized carbons (Fsp3) is 0.0400. The Morgan fingerprint density at radius 2 is 0.786 bits per heavy atom. The van der Waals surface area contributed by atoms with Crippen LogP contribution in [0.25, 0.3) is 0 Å². The van der Waals surface area contributed by atoms with Gasteiger partial charge in [-0.25, -0.2) is 0 Å². The molecule has 0 fully saturated rings. The summed E-state index contributed by atoms with van der Waals surface area (Å²) < 4.78 is 2.30. The molecule has 0 saturated heterocycles. The summed E-state index contributed by atoms with van der Waals surface area (Å²) in [6, 6.07) is 41.9. The van der Waals surface area contributed by atoms with Crippen LogP contribution >= 0.6 is 17.3 Å². The molecule has 0 atom stereocenters. The van der Waals surface area contributed by atoms with Crippen molar-refractivity contribution in [1.29, 1.82) is 0 Å². The van der Waals surface area contributed by atoms with Gasteiger partial charge in [0.25, 0.3) is 0 Å². The Morgan fingerprint density at radius 1 is 0.500 bits per heavy atom.